The van der Waals surface area contributed by atoms with Gasteiger partial charge in [0.1, 0.15) is 6.42 Å². The van der Waals surface area contributed by atoms with Crippen molar-refractivity contribution in [1.29, 1.82) is 5.26 Å². The van der Waals surface area contributed by atoms with Crippen molar-refractivity contribution in [2.75, 3.05) is 11.9 Å². The average molecular weight is 393 g/mol. The monoisotopic (exact) mass is 393 g/mol. The smallest absolute Gasteiger partial charge is 0.338 e. The Morgan fingerprint density at radius 1 is 1.03 bits per heavy atom. The van der Waals surface area contributed by atoms with Crippen molar-refractivity contribution in [3.8, 4) is 6.07 Å². The van der Waals surface area contributed by atoms with Crippen molar-refractivity contribution < 1.29 is 19.1 Å². The van der Waals surface area contributed by atoms with Gasteiger partial charge in [0.15, 0.2) is 6.61 Å². The molecule has 2 amide bonds. The average Bonchev–Trinajstić information content (AvgIpc) is 2.71. The molecule has 0 spiro atoms. The van der Waals surface area contributed by atoms with E-state index < -0.39 is 11.9 Å². The molecule has 1 atom stereocenters. The summed E-state index contributed by atoms with van der Waals surface area (Å²) in [4.78, 5) is 35.6. The Bertz CT molecular complexity index is 899. The maximum absolute atomic E-state index is 12.2. The number of benzene rings is 2. The number of carbonyl (C=O) groups is 3. The summed E-state index contributed by atoms with van der Waals surface area (Å²) >= 11 is 0. The van der Waals surface area contributed by atoms with E-state index in [0.717, 1.165) is 11.1 Å². The summed E-state index contributed by atoms with van der Waals surface area (Å²) in [6.07, 6.45) is 0.460. The summed E-state index contributed by atoms with van der Waals surface area (Å²) in [6, 6.07) is 15.5. The second kappa shape index (κ2) is 10.6. The quantitative estimate of drug-likeness (QED) is 0.669. The van der Waals surface area contributed by atoms with Crippen molar-refractivity contribution in [3.05, 3.63) is 65.2 Å². The number of anilines is 1. The Kier molecular flexibility index (Phi) is 7.92. The normalized spacial score (nSPS) is 11.1. The lowest BCUT2D eigenvalue weighted by atomic mass is 10.0. The molecular weight excluding hydrogens is 370 g/mol. The van der Waals surface area contributed by atoms with Crippen LogP contribution in [0.1, 0.15) is 47.3 Å². The minimum atomic E-state index is -0.640. The fourth-order valence-corrected chi connectivity index (χ4v) is 2.64. The highest BCUT2D eigenvalue weighted by Crippen LogP contribution is 2.17. The first kappa shape index (κ1) is 21.6. The molecule has 7 nitrogen and oxygen atoms in total. The first-order valence-corrected chi connectivity index (χ1v) is 9.22. The van der Waals surface area contributed by atoms with E-state index >= 15 is 0 Å². The maximum atomic E-state index is 12.2. The Labute approximate surface area is 169 Å². The van der Waals surface area contributed by atoms with Gasteiger partial charge in [-0.1, -0.05) is 36.8 Å². The second-order valence-corrected chi connectivity index (χ2v) is 6.48. The molecule has 0 unspecified atom stereocenters. The van der Waals surface area contributed by atoms with Crippen LogP contribution in [-0.4, -0.2) is 24.4 Å². The van der Waals surface area contributed by atoms with Gasteiger partial charge in [0.25, 0.3) is 5.91 Å². The fraction of sp³-hybridized carbons (Fsp3) is 0.273. The number of carbonyl (C=O) groups excluding carboxylic acids is 3. The first-order chi connectivity index (χ1) is 13.9. The van der Waals surface area contributed by atoms with Crippen LogP contribution in [0.3, 0.4) is 0 Å². The predicted octanol–water partition coefficient (Wildman–Crippen LogP) is 3.27. The summed E-state index contributed by atoms with van der Waals surface area (Å²) in [5.41, 5.74) is 2.84. The SMILES string of the molecule is CC[C@H](NC(=O)COC(=O)c1ccc(NC(=O)CC#N)cc1)c1ccc(C)cc1. The van der Waals surface area contributed by atoms with Gasteiger partial charge in [-0.05, 0) is 43.2 Å². The summed E-state index contributed by atoms with van der Waals surface area (Å²) < 4.78 is 5.07. The number of aryl methyl sites for hydroxylation is 1. The zero-order valence-electron chi connectivity index (χ0n) is 16.4. The van der Waals surface area contributed by atoms with Gasteiger partial charge in [-0.2, -0.15) is 5.26 Å². The molecule has 7 heteroatoms. The van der Waals surface area contributed by atoms with Crippen LogP contribution in [-0.2, 0) is 14.3 Å². The molecule has 150 valence electrons. The van der Waals surface area contributed by atoms with E-state index in [9.17, 15) is 14.4 Å². The van der Waals surface area contributed by atoms with Gasteiger partial charge in [-0.15, -0.1) is 0 Å². The van der Waals surface area contributed by atoms with E-state index in [4.69, 9.17) is 10.00 Å². The first-order valence-electron chi connectivity index (χ1n) is 9.22. The van der Waals surface area contributed by atoms with Crippen LogP contribution in [0.15, 0.2) is 48.5 Å². The lowest BCUT2D eigenvalue weighted by Gasteiger charge is -2.17. The minimum absolute atomic E-state index is 0.155. The van der Waals surface area contributed by atoms with E-state index in [1.165, 1.54) is 24.3 Å². The number of amides is 2. The lowest BCUT2D eigenvalue weighted by Crippen LogP contribution is -2.32. The molecule has 2 aromatic rings. The largest absolute Gasteiger partial charge is 0.452 e. The van der Waals surface area contributed by atoms with Gasteiger partial charge in [0.2, 0.25) is 5.91 Å². The zero-order valence-corrected chi connectivity index (χ0v) is 16.4. The molecule has 2 aromatic carbocycles. The molecule has 0 radical (unpaired) electrons. The molecule has 0 aliphatic carbocycles. The van der Waals surface area contributed by atoms with E-state index in [2.05, 4.69) is 10.6 Å². The third-order valence-corrected chi connectivity index (χ3v) is 4.20. The molecule has 2 N–H and O–H groups in total. The van der Waals surface area contributed by atoms with Crippen molar-refractivity contribution in [2.24, 2.45) is 0 Å². The number of rotatable bonds is 8. The zero-order chi connectivity index (χ0) is 21.2. The van der Waals surface area contributed by atoms with E-state index in [0.29, 0.717) is 12.1 Å². The van der Waals surface area contributed by atoms with E-state index in [1.807, 2.05) is 38.1 Å². The summed E-state index contributed by atoms with van der Waals surface area (Å²) in [6.45, 7) is 3.57. The fourth-order valence-electron chi connectivity index (χ4n) is 2.64. The van der Waals surface area contributed by atoms with Crippen LogP contribution in [0, 0.1) is 18.3 Å². The maximum Gasteiger partial charge on any atom is 0.338 e. The molecule has 0 fully saturated rings. The van der Waals surface area contributed by atoms with E-state index in [1.54, 1.807) is 6.07 Å². The Morgan fingerprint density at radius 2 is 1.69 bits per heavy atom. The number of nitrogens with zero attached hydrogens (tertiary/aromatic N) is 1. The molecule has 0 aliphatic heterocycles. The Balaban J connectivity index is 1.86. The number of nitrogens with one attached hydrogen (secondary N) is 2. The Hall–Kier alpha value is -3.66. The summed E-state index contributed by atoms with van der Waals surface area (Å²) in [5.74, 6) is -1.46. The van der Waals surface area contributed by atoms with Crippen molar-refractivity contribution >= 4 is 23.5 Å². The number of esters is 1. The standard InChI is InChI=1S/C22H23N3O4/c1-3-19(16-6-4-15(2)5-7-16)25-21(27)14-29-22(28)17-8-10-18(11-9-17)24-20(26)12-13-23/h4-11,19H,3,12,14H2,1-2H3,(H,24,26)(H,25,27)/t19-/m0/s1. The molecular formula is C22H23N3O4. The lowest BCUT2D eigenvalue weighted by molar-refractivity contribution is -0.125. The highest BCUT2D eigenvalue weighted by atomic mass is 16.5. The molecule has 0 bridgehead atoms. The van der Waals surface area contributed by atoms with Crippen LogP contribution in [0.25, 0.3) is 0 Å². The molecule has 0 heterocycles. The van der Waals surface area contributed by atoms with Crippen LogP contribution in [0.5, 0.6) is 0 Å². The molecule has 29 heavy (non-hydrogen) atoms. The number of hydrogen-bond donors (Lipinski definition) is 2. The molecule has 0 aliphatic rings. The minimum Gasteiger partial charge on any atom is -0.452 e. The molecule has 0 saturated carbocycles. The van der Waals surface area contributed by atoms with Crippen LogP contribution < -0.4 is 10.6 Å². The number of ether oxygens (including phenoxy) is 1. The highest BCUT2D eigenvalue weighted by Gasteiger charge is 2.15. The van der Waals surface area contributed by atoms with Gasteiger partial charge in [-0.3, -0.25) is 9.59 Å². The third-order valence-electron chi connectivity index (χ3n) is 4.20. The number of nitriles is 1. The molecule has 2 rings (SSSR count). The molecule has 0 saturated heterocycles. The summed E-state index contributed by atoms with van der Waals surface area (Å²) in [5, 5.41) is 13.9. The van der Waals surface area contributed by atoms with Crippen LogP contribution in [0.4, 0.5) is 5.69 Å². The second-order valence-electron chi connectivity index (χ2n) is 6.48. The van der Waals surface area contributed by atoms with Gasteiger partial charge in [0, 0.05) is 5.69 Å². The third kappa shape index (κ3) is 6.78. The topological polar surface area (TPSA) is 108 Å². The van der Waals surface area contributed by atoms with Crippen LogP contribution in [0.2, 0.25) is 0 Å². The summed E-state index contributed by atoms with van der Waals surface area (Å²) in [7, 11) is 0. The Morgan fingerprint density at radius 3 is 2.28 bits per heavy atom. The van der Waals surface area contributed by atoms with Crippen LogP contribution >= 0.6 is 0 Å². The van der Waals surface area contributed by atoms with Gasteiger partial charge in [-0.25, -0.2) is 4.79 Å². The number of hydrogen-bond acceptors (Lipinski definition) is 5. The van der Waals surface area contributed by atoms with Gasteiger partial charge >= 0.3 is 5.97 Å². The van der Waals surface area contributed by atoms with Crippen molar-refractivity contribution in [3.63, 3.8) is 0 Å². The highest BCUT2D eigenvalue weighted by molar-refractivity contribution is 5.94. The van der Waals surface area contributed by atoms with Gasteiger partial charge in [0.05, 0.1) is 17.7 Å². The van der Waals surface area contributed by atoms with E-state index in [-0.39, 0.29) is 30.5 Å². The van der Waals surface area contributed by atoms with Crippen molar-refractivity contribution in [1.82, 2.24) is 5.32 Å². The van der Waals surface area contributed by atoms with Gasteiger partial charge < -0.3 is 15.4 Å². The molecule has 0 aromatic heterocycles. The van der Waals surface area contributed by atoms with Crippen molar-refractivity contribution in [2.45, 2.75) is 32.7 Å². The predicted molar refractivity (Wildman–Crippen MR) is 108 cm³/mol.